The Bertz CT molecular complexity index is 468. The summed E-state index contributed by atoms with van der Waals surface area (Å²) >= 11 is 0. The van der Waals surface area contributed by atoms with Gasteiger partial charge in [0.25, 0.3) is 0 Å². The molecular weight excluding hydrogens is 240 g/mol. The predicted molar refractivity (Wildman–Crippen MR) is 75.3 cm³/mol. The molecule has 1 N–H and O–H groups in total. The van der Waals surface area contributed by atoms with E-state index in [4.69, 9.17) is 0 Å². The van der Waals surface area contributed by atoms with Crippen molar-refractivity contribution in [3.05, 3.63) is 29.8 Å². The third-order valence-corrected chi connectivity index (χ3v) is 3.53. The van der Waals surface area contributed by atoms with E-state index < -0.39 is 0 Å². The minimum absolute atomic E-state index is 0.162. The highest BCUT2D eigenvalue weighted by Gasteiger charge is 2.22. The van der Waals surface area contributed by atoms with Crippen LogP contribution >= 0.6 is 0 Å². The number of amides is 1. The number of benzene rings is 1. The molecule has 0 saturated carbocycles. The number of hydrogen-bond acceptors (Lipinski definition) is 3. The molecule has 0 bridgehead atoms. The molecule has 102 valence electrons. The van der Waals surface area contributed by atoms with Crippen LogP contribution in [0.2, 0.25) is 0 Å². The Morgan fingerprint density at radius 1 is 1.37 bits per heavy atom. The van der Waals surface area contributed by atoms with Crippen LogP contribution in [-0.4, -0.2) is 36.2 Å². The summed E-state index contributed by atoms with van der Waals surface area (Å²) in [6, 6.07) is 7.85. The van der Waals surface area contributed by atoms with Gasteiger partial charge in [-0.3, -0.25) is 9.59 Å². The number of hydrogen-bond donors (Lipinski definition) is 1. The molecule has 1 aromatic carbocycles. The molecule has 19 heavy (non-hydrogen) atoms. The van der Waals surface area contributed by atoms with Crippen LogP contribution in [0.25, 0.3) is 0 Å². The van der Waals surface area contributed by atoms with Crippen molar-refractivity contribution in [2.45, 2.75) is 32.2 Å². The number of anilines is 1. The summed E-state index contributed by atoms with van der Waals surface area (Å²) in [7, 11) is 1.83. The van der Waals surface area contributed by atoms with Crippen LogP contribution in [0, 0.1) is 0 Å². The molecule has 4 heteroatoms. The highest BCUT2D eigenvalue weighted by molar-refractivity contribution is 5.96. The SMILES string of the molecule is CCC(=O)c1ccc(NC2CCC(=O)N(C)C2)cc1. The second kappa shape index (κ2) is 5.87. The van der Waals surface area contributed by atoms with Crippen LogP contribution < -0.4 is 5.32 Å². The number of rotatable bonds is 4. The number of piperidine rings is 1. The molecule has 0 spiro atoms. The quantitative estimate of drug-likeness (QED) is 0.845. The van der Waals surface area contributed by atoms with Crippen LogP contribution in [0.1, 0.15) is 36.5 Å². The van der Waals surface area contributed by atoms with Crippen molar-refractivity contribution in [2.75, 3.05) is 18.9 Å². The summed E-state index contributed by atoms with van der Waals surface area (Å²) in [6.07, 6.45) is 1.99. The molecule has 1 aliphatic rings. The summed E-state index contributed by atoms with van der Waals surface area (Å²) in [5, 5.41) is 3.41. The number of ketones is 1. The van der Waals surface area contributed by atoms with Gasteiger partial charge in [-0.2, -0.15) is 0 Å². The van der Waals surface area contributed by atoms with Gasteiger partial charge in [-0.15, -0.1) is 0 Å². The Balaban J connectivity index is 1.96. The van der Waals surface area contributed by atoms with E-state index in [0.717, 1.165) is 24.2 Å². The Morgan fingerprint density at radius 3 is 2.63 bits per heavy atom. The smallest absolute Gasteiger partial charge is 0.222 e. The van der Waals surface area contributed by atoms with Crippen LogP contribution in [-0.2, 0) is 4.79 Å². The molecule has 1 heterocycles. The van der Waals surface area contributed by atoms with E-state index in [1.807, 2.05) is 38.2 Å². The first kappa shape index (κ1) is 13.6. The van der Waals surface area contributed by atoms with Gasteiger partial charge in [0.15, 0.2) is 5.78 Å². The van der Waals surface area contributed by atoms with Gasteiger partial charge in [0.1, 0.15) is 0 Å². The number of likely N-dealkylation sites (N-methyl/N-ethyl adjacent to an activating group) is 1. The third-order valence-electron chi connectivity index (χ3n) is 3.53. The molecule has 1 atom stereocenters. The fourth-order valence-electron chi connectivity index (χ4n) is 2.32. The van der Waals surface area contributed by atoms with Crippen molar-refractivity contribution >= 4 is 17.4 Å². The summed E-state index contributed by atoms with van der Waals surface area (Å²) in [5.41, 5.74) is 1.75. The Hall–Kier alpha value is -1.84. The van der Waals surface area contributed by atoms with Gasteiger partial charge >= 0.3 is 0 Å². The maximum Gasteiger partial charge on any atom is 0.222 e. The molecule has 1 aromatic rings. The Labute approximate surface area is 113 Å². The lowest BCUT2D eigenvalue weighted by Crippen LogP contribution is -2.43. The van der Waals surface area contributed by atoms with E-state index in [1.165, 1.54) is 0 Å². The molecule has 1 amide bonds. The molecule has 0 radical (unpaired) electrons. The van der Waals surface area contributed by atoms with Crippen molar-refractivity contribution in [1.82, 2.24) is 4.90 Å². The Morgan fingerprint density at radius 2 is 2.05 bits per heavy atom. The van der Waals surface area contributed by atoms with E-state index in [0.29, 0.717) is 12.8 Å². The van der Waals surface area contributed by atoms with Crippen LogP contribution in [0.4, 0.5) is 5.69 Å². The zero-order valence-corrected chi connectivity index (χ0v) is 11.5. The van der Waals surface area contributed by atoms with Gasteiger partial charge in [-0.25, -0.2) is 0 Å². The lowest BCUT2D eigenvalue weighted by molar-refractivity contribution is -0.132. The lowest BCUT2D eigenvalue weighted by Gasteiger charge is -2.30. The first-order valence-corrected chi connectivity index (χ1v) is 6.74. The normalized spacial score (nSPS) is 19.4. The predicted octanol–water partition coefficient (Wildman–Crippen LogP) is 2.31. The average molecular weight is 260 g/mol. The van der Waals surface area contributed by atoms with Crippen LogP contribution in [0.15, 0.2) is 24.3 Å². The van der Waals surface area contributed by atoms with Gasteiger partial charge in [-0.1, -0.05) is 6.92 Å². The highest BCUT2D eigenvalue weighted by atomic mass is 16.2. The molecule has 0 aromatic heterocycles. The lowest BCUT2D eigenvalue weighted by atomic mass is 10.0. The minimum Gasteiger partial charge on any atom is -0.381 e. The first-order chi connectivity index (χ1) is 9.10. The maximum atomic E-state index is 11.5. The summed E-state index contributed by atoms with van der Waals surface area (Å²) in [6.45, 7) is 2.60. The molecule has 0 aliphatic carbocycles. The minimum atomic E-state index is 0.162. The van der Waals surface area contributed by atoms with Crippen molar-refractivity contribution in [2.24, 2.45) is 0 Å². The van der Waals surface area contributed by atoms with E-state index in [2.05, 4.69) is 5.32 Å². The fraction of sp³-hybridized carbons (Fsp3) is 0.467. The van der Waals surface area contributed by atoms with Crippen molar-refractivity contribution in [1.29, 1.82) is 0 Å². The second-order valence-corrected chi connectivity index (χ2v) is 5.01. The summed E-state index contributed by atoms with van der Waals surface area (Å²) < 4.78 is 0. The highest BCUT2D eigenvalue weighted by Crippen LogP contribution is 2.17. The van der Waals surface area contributed by atoms with E-state index in [9.17, 15) is 9.59 Å². The van der Waals surface area contributed by atoms with Crippen molar-refractivity contribution in [3.63, 3.8) is 0 Å². The second-order valence-electron chi connectivity index (χ2n) is 5.01. The zero-order chi connectivity index (χ0) is 13.8. The number of nitrogens with one attached hydrogen (secondary N) is 1. The van der Waals surface area contributed by atoms with Gasteiger partial charge in [0, 0.05) is 43.7 Å². The summed E-state index contributed by atoms with van der Waals surface area (Å²) in [5.74, 6) is 0.372. The van der Waals surface area contributed by atoms with E-state index in [-0.39, 0.29) is 17.7 Å². The van der Waals surface area contributed by atoms with Gasteiger partial charge in [0.05, 0.1) is 0 Å². The molecule has 1 aliphatic heterocycles. The number of likely N-dealkylation sites (tertiary alicyclic amines) is 1. The topological polar surface area (TPSA) is 49.4 Å². The third kappa shape index (κ3) is 3.34. The van der Waals surface area contributed by atoms with Gasteiger partial charge in [0.2, 0.25) is 5.91 Å². The summed E-state index contributed by atoms with van der Waals surface area (Å²) in [4.78, 5) is 24.7. The van der Waals surface area contributed by atoms with Crippen LogP contribution in [0.5, 0.6) is 0 Å². The molecule has 1 unspecified atom stereocenters. The standard InChI is InChI=1S/C15H20N2O2/c1-3-14(18)11-4-6-12(7-5-11)16-13-8-9-15(19)17(2)10-13/h4-7,13,16H,3,8-10H2,1-2H3. The fourth-order valence-corrected chi connectivity index (χ4v) is 2.32. The number of Topliss-reactive ketones (excluding diaryl/α,β-unsaturated/α-hetero) is 1. The monoisotopic (exact) mass is 260 g/mol. The van der Waals surface area contributed by atoms with Crippen LogP contribution in [0.3, 0.4) is 0 Å². The van der Waals surface area contributed by atoms with Gasteiger partial charge < -0.3 is 10.2 Å². The molecule has 2 rings (SSSR count). The van der Waals surface area contributed by atoms with E-state index in [1.54, 1.807) is 4.90 Å². The average Bonchev–Trinajstić information content (AvgIpc) is 2.43. The van der Waals surface area contributed by atoms with E-state index >= 15 is 0 Å². The number of nitrogens with zero attached hydrogens (tertiary/aromatic N) is 1. The van der Waals surface area contributed by atoms with Crippen molar-refractivity contribution in [3.8, 4) is 0 Å². The van der Waals surface area contributed by atoms with Crippen molar-refractivity contribution < 1.29 is 9.59 Å². The van der Waals surface area contributed by atoms with Gasteiger partial charge in [-0.05, 0) is 30.7 Å². The number of carbonyl (C=O) groups is 2. The maximum absolute atomic E-state index is 11.5. The Kier molecular flexibility index (Phi) is 4.20. The molecule has 1 saturated heterocycles. The molecule has 4 nitrogen and oxygen atoms in total. The largest absolute Gasteiger partial charge is 0.381 e. The molecule has 1 fully saturated rings. The first-order valence-electron chi connectivity index (χ1n) is 6.74. The number of carbonyl (C=O) groups excluding carboxylic acids is 2. The molecular formula is C15H20N2O2. The zero-order valence-electron chi connectivity index (χ0n) is 11.5.